The molecule has 1 fully saturated rings. The van der Waals surface area contributed by atoms with E-state index in [0.717, 1.165) is 5.92 Å². The second-order valence-corrected chi connectivity index (χ2v) is 6.19. The van der Waals surface area contributed by atoms with Crippen LogP contribution in [0, 0.1) is 0 Å². The lowest BCUT2D eigenvalue weighted by molar-refractivity contribution is 0.419. The summed E-state index contributed by atoms with van der Waals surface area (Å²) in [6.07, 6.45) is 4.19. The molecular weight excluding hydrogens is 218 g/mol. The van der Waals surface area contributed by atoms with Crippen molar-refractivity contribution in [2.24, 2.45) is 0 Å². The summed E-state index contributed by atoms with van der Waals surface area (Å²) in [5.74, 6) is 1.42. The Balaban J connectivity index is 1.99. The third-order valence-electron chi connectivity index (χ3n) is 4.39. The highest BCUT2D eigenvalue weighted by Gasteiger charge is 2.20. The summed E-state index contributed by atoms with van der Waals surface area (Å²) < 4.78 is 0. The van der Waals surface area contributed by atoms with Crippen LogP contribution in [0.4, 0.5) is 0 Å². The number of hydrogen-bond donors (Lipinski definition) is 1. The maximum Gasteiger partial charge on any atom is 0.0107 e. The summed E-state index contributed by atoms with van der Waals surface area (Å²) in [4.78, 5) is 0. The van der Waals surface area contributed by atoms with Gasteiger partial charge in [0.2, 0.25) is 0 Å². The van der Waals surface area contributed by atoms with Gasteiger partial charge in [-0.2, -0.15) is 0 Å². The van der Waals surface area contributed by atoms with Gasteiger partial charge in [0.25, 0.3) is 0 Å². The molecule has 2 atom stereocenters. The van der Waals surface area contributed by atoms with Gasteiger partial charge in [-0.25, -0.2) is 0 Å². The third kappa shape index (κ3) is 3.14. The Bertz CT molecular complexity index is 362. The fourth-order valence-corrected chi connectivity index (χ4v) is 2.77. The minimum absolute atomic E-state index is 0.527. The molecule has 0 spiro atoms. The molecule has 1 N–H and O–H groups in total. The van der Waals surface area contributed by atoms with Crippen molar-refractivity contribution in [2.45, 2.75) is 70.9 Å². The van der Waals surface area contributed by atoms with E-state index in [2.05, 4.69) is 57.3 Å². The quantitative estimate of drug-likeness (QED) is 0.808. The van der Waals surface area contributed by atoms with Gasteiger partial charge in [0.15, 0.2) is 0 Å². The summed E-state index contributed by atoms with van der Waals surface area (Å²) in [6, 6.07) is 10.4. The van der Waals surface area contributed by atoms with E-state index in [4.69, 9.17) is 0 Å². The molecule has 0 radical (unpaired) electrons. The van der Waals surface area contributed by atoms with Crippen LogP contribution in [0.2, 0.25) is 0 Å². The van der Waals surface area contributed by atoms with E-state index in [-0.39, 0.29) is 0 Å². The Hall–Kier alpha value is -0.820. The van der Waals surface area contributed by atoms with Crippen molar-refractivity contribution < 1.29 is 0 Å². The lowest BCUT2D eigenvalue weighted by atomic mass is 9.79. The topological polar surface area (TPSA) is 12.0 Å². The Morgan fingerprint density at radius 3 is 2.06 bits per heavy atom. The molecule has 1 aliphatic rings. The van der Waals surface area contributed by atoms with Crippen LogP contribution in [0.15, 0.2) is 24.3 Å². The van der Waals surface area contributed by atoms with Crippen molar-refractivity contribution >= 4 is 0 Å². The van der Waals surface area contributed by atoms with Gasteiger partial charge in [-0.15, -0.1) is 0 Å². The van der Waals surface area contributed by atoms with Crippen molar-refractivity contribution in [3.05, 3.63) is 35.4 Å². The summed E-state index contributed by atoms with van der Waals surface area (Å²) in [5.41, 5.74) is 3.00. The van der Waals surface area contributed by atoms with Crippen LogP contribution >= 0.6 is 0 Å². The first-order valence-electron chi connectivity index (χ1n) is 7.44. The van der Waals surface area contributed by atoms with Gasteiger partial charge >= 0.3 is 0 Å². The van der Waals surface area contributed by atoms with Gasteiger partial charge in [0.1, 0.15) is 0 Å². The van der Waals surface area contributed by atoms with Gasteiger partial charge in [-0.1, -0.05) is 51.5 Å². The van der Waals surface area contributed by atoms with Crippen LogP contribution in [0.3, 0.4) is 0 Å². The smallest absolute Gasteiger partial charge is 0.0107 e. The Labute approximate surface area is 112 Å². The lowest BCUT2D eigenvalue weighted by Gasteiger charge is -2.27. The fraction of sp³-hybridized carbons (Fsp3) is 0.647. The summed E-state index contributed by atoms with van der Waals surface area (Å²) in [6.45, 7) is 9.02. The van der Waals surface area contributed by atoms with E-state index in [1.807, 2.05) is 0 Å². The predicted octanol–water partition coefficient (Wildman–Crippen LogP) is 4.44. The first-order valence-corrected chi connectivity index (χ1v) is 7.44. The minimum Gasteiger partial charge on any atom is -0.311 e. The largest absolute Gasteiger partial charge is 0.311 e. The molecule has 0 saturated heterocycles. The molecule has 0 bridgehead atoms. The van der Waals surface area contributed by atoms with Crippen LogP contribution in [0.25, 0.3) is 0 Å². The van der Waals surface area contributed by atoms with Crippen LogP contribution in [0.1, 0.15) is 69.9 Å². The molecule has 1 aromatic carbocycles. The maximum atomic E-state index is 3.60. The molecule has 2 rings (SSSR count). The zero-order valence-electron chi connectivity index (χ0n) is 12.2. The van der Waals surface area contributed by atoms with E-state index in [1.54, 1.807) is 5.56 Å². The molecule has 1 aromatic rings. The van der Waals surface area contributed by atoms with Crippen molar-refractivity contribution in [1.29, 1.82) is 0 Å². The molecule has 1 nitrogen and oxygen atoms in total. The van der Waals surface area contributed by atoms with Gasteiger partial charge < -0.3 is 5.32 Å². The normalized spacial score (nSPS) is 19.6. The average Bonchev–Trinajstić information content (AvgIpc) is 2.26. The molecule has 0 amide bonds. The van der Waals surface area contributed by atoms with Gasteiger partial charge in [0, 0.05) is 12.1 Å². The number of rotatable bonds is 5. The number of hydrogen-bond acceptors (Lipinski definition) is 1. The highest BCUT2D eigenvalue weighted by Crippen LogP contribution is 2.36. The van der Waals surface area contributed by atoms with Crippen molar-refractivity contribution in [1.82, 2.24) is 5.32 Å². The molecule has 100 valence electrons. The highest BCUT2D eigenvalue weighted by molar-refractivity contribution is 5.29. The van der Waals surface area contributed by atoms with E-state index in [0.29, 0.717) is 18.0 Å². The zero-order valence-corrected chi connectivity index (χ0v) is 12.2. The van der Waals surface area contributed by atoms with Gasteiger partial charge in [0.05, 0.1) is 0 Å². The van der Waals surface area contributed by atoms with Crippen molar-refractivity contribution in [2.75, 3.05) is 0 Å². The maximum absolute atomic E-state index is 3.60. The second kappa shape index (κ2) is 5.88. The average molecular weight is 245 g/mol. The van der Waals surface area contributed by atoms with Crippen LogP contribution < -0.4 is 5.32 Å². The SMILES string of the molecule is CC(C)NC(C)C(C)c1ccc(C2CCC2)cc1. The Kier molecular flexibility index (Phi) is 4.45. The molecule has 1 aliphatic carbocycles. The molecular formula is C17H27N. The zero-order chi connectivity index (χ0) is 13.1. The first kappa shape index (κ1) is 13.6. The highest BCUT2D eigenvalue weighted by atomic mass is 14.9. The fourth-order valence-electron chi connectivity index (χ4n) is 2.77. The van der Waals surface area contributed by atoms with Gasteiger partial charge in [-0.05, 0) is 42.7 Å². The summed E-state index contributed by atoms with van der Waals surface area (Å²) >= 11 is 0. The van der Waals surface area contributed by atoms with Crippen LogP contribution in [0.5, 0.6) is 0 Å². The van der Waals surface area contributed by atoms with Crippen molar-refractivity contribution in [3.63, 3.8) is 0 Å². The molecule has 0 heterocycles. The van der Waals surface area contributed by atoms with Crippen LogP contribution in [-0.4, -0.2) is 12.1 Å². The molecule has 1 saturated carbocycles. The standard InChI is InChI=1S/C17H27N/c1-12(2)18-14(4)13(3)15-8-10-17(11-9-15)16-6-5-7-16/h8-14,16,18H,5-7H2,1-4H3. The summed E-state index contributed by atoms with van der Waals surface area (Å²) in [5, 5.41) is 3.60. The van der Waals surface area contributed by atoms with E-state index in [9.17, 15) is 0 Å². The molecule has 18 heavy (non-hydrogen) atoms. The third-order valence-corrected chi connectivity index (χ3v) is 4.39. The van der Waals surface area contributed by atoms with E-state index >= 15 is 0 Å². The molecule has 0 aromatic heterocycles. The van der Waals surface area contributed by atoms with Gasteiger partial charge in [-0.3, -0.25) is 0 Å². The minimum atomic E-state index is 0.527. The molecule has 1 heteroatoms. The monoisotopic (exact) mass is 245 g/mol. The Morgan fingerprint density at radius 1 is 1.00 bits per heavy atom. The van der Waals surface area contributed by atoms with Crippen molar-refractivity contribution in [3.8, 4) is 0 Å². The summed E-state index contributed by atoms with van der Waals surface area (Å²) in [7, 11) is 0. The van der Waals surface area contributed by atoms with Crippen LogP contribution in [-0.2, 0) is 0 Å². The molecule has 0 aliphatic heterocycles. The van der Waals surface area contributed by atoms with E-state index in [1.165, 1.54) is 24.8 Å². The molecule has 2 unspecified atom stereocenters. The second-order valence-electron chi connectivity index (χ2n) is 6.19. The Morgan fingerprint density at radius 2 is 1.61 bits per heavy atom. The predicted molar refractivity (Wildman–Crippen MR) is 79.2 cm³/mol. The number of benzene rings is 1. The number of nitrogens with one attached hydrogen (secondary N) is 1. The van der Waals surface area contributed by atoms with E-state index < -0.39 is 0 Å². The lowest BCUT2D eigenvalue weighted by Crippen LogP contribution is -2.36. The first-order chi connectivity index (χ1) is 8.58.